The lowest BCUT2D eigenvalue weighted by Crippen LogP contribution is -2.32. The van der Waals surface area contributed by atoms with Crippen molar-refractivity contribution in [3.63, 3.8) is 0 Å². The van der Waals surface area contributed by atoms with Crippen LogP contribution in [0.15, 0.2) is 0 Å². The summed E-state index contributed by atoms with van der Waals surface area (Å²) in [6.07, 6.45) is 0.734. The number of sulfonamides is 1. The standard InChI is InChI=1S/C6H13NO4S/c1-5-10-4-6(11-5)3-7-12(2,8)9/h5-7H,3-4H2,1-2H3. The minimum atomic E-state index is -3.11. The van der Waals surface area contributed by atoms with Gasteiger partial charge in [0, 0.05) is 6.54 Å². The Morgan fingerprint density at radius 1 is 1.58 bits per heavy atom. The molecule has 0 aliphatic carbocycles. The summed E-state index contributed by atoms with van der Waals surface area (Å²) in [5.41, 5.74) is 0. The summed E-state index contributed by atoms with van der Waals surface area (Å²) in [6, 6.07) is 0. The molecular weight excluding hydrogens is 182 g/mol. The zero-order chi connectivity index (χ0) is 9.19. The predicted molar refractivity (Wildman–Crippen MR) is 43.1 cm³/mol. The molecule has 72 valence electrons. The van der Waals surface area contributed by atoms with Gasteiger partial charge in [-0.05, 0) is 6.92 Å². The van der Waals surface area contributed by atoms with Crippen molar-refractivity contribution < 1.29 is 17.9 Å². The molecule has 0 aromatic carbocycles. The van der Waals surface area contributed by atoms with Gasteiger partial charge in [-0.25, -0.2) is 13.1 Å². The van der Waals surface area contributed by atoms with E-state index in [4.69, 9.17) is 9.47 Å². The van der Waals surface area contributed by atoms with Crippen LogP contribution in [0.2, 0.25) is 0 Å². The minimum absolute atomic E-state index is 0.158. The second kappa shape index (κ2) is 3.69. The smallest absolute Gasteiger partial charge is 0.208 e. The molecule has 1 heterocycles. The van der Waals surface area contributed by atoms with Gasteiger partial charge in [0.25, 0.3) is 0 Å². The number of nitrogens with one attached hydrogen (secondary N) is 1. The Labute approximate surface area is 72.1 Å². The van der Waals surface area contributed by atoms with Crippen LogP contribution in [0.25, 0.3) is 0 Å². The monoisotopic (exact) mass is 195 g/mol. The third kappa shape index (κ3) is 3.48. The van der Waals surface area contributed by atoms with Gasteiger partial charge in [-0.15, -0.1) is 0 Å². The fraction of sp³-hybridized carbons (Fsp3) is 1.00. The summed E-state index contributed by atoms with van der Waals surface area (Å²) in [5.74, 6) is 0. The summed E-state index contributed by atoms with van der Waals surface area (Å²) in [5, 5.41) is 0. The van der Waals surface area contributed by atoms with E-state index in [0.717, 1.165) is 6.26 Å². The first kappa shape index (κ1) is 9.91. The molecule has 0 saturated carbocycles. The van der Waals surface area contributed by atoms with E-state index in [0.29, 0.717) is 6.61 Å². The average molecular weight is 195 g/mol. The van der Waals surface area contributed by atoms with E-state index in [-0.39, 0.29) is 18.9 Å². The molecular formula is C6H13NO4S. The largest absolute Gasteiger partial charge is 0.350 e. The highest BCUT2D eigenvalue weighted by molar-refractivity contribution is 7.88. The maximum atomic E-state index is 10.7. The van der Waals surface area contributed by atoms with Gasteiger partial charge in [0.1, 0.15) is 0 Å². The van der Waals surface area contributed by atoms with E-state index in [9.17, 15) is 8.42 Å². The van der Waals surface area contributed by atoms with Gasteiger partial charge in [-0.2, -0.15) is 0 Å². The first-order valence-electron chi connectivity index (χ1n) is 3.69. The summed E-state index contributed by atoms with van der Waals surface area (Å²) >= 11 is 0. The van der Waals surface area contributed by atoms with Crippen LogP contribution in [-0.4, -0.2) is 40.2 Å². The third-order valence-electron chi connectivity index (χ3n) is 1.47. The molecule has 0 radical (unpaired) electrons. The Hall–Kier alpha value is -0.170. The molecule has 6 heteroatoms. The summed E-state index contributed by atoms with van der Waals surface area (Å²) in [7, 11) is -3.11. The number of ether oxygens (including phenoxy) is 2. The molecule has 1 saturated heterocycles. The van der Waals surface area contributed by atoms with Crippen molar-refractivity contribution in [1.82, 2.24) is 4.72 Å². The lowest BCUT2D eigenvalue weighted by atomic mass is 10.4. The SMILES string of the molecule is CC1OCC(CNS(C)(=O)=O)O1. The lowest BCUT2D eigenvalue weighted by Gasteiger charge is -2.07. The molecule has 2 unspecified atom stereocenters. The number of hydrogen-bond acceptors (Lipinski definition) is 4. The first-order chi connectivity index (χ1) is 5.47. The molecule has 0 spiro atoms. The molecule has 0 aromatic rings. The average Bonchev–Trinajstić information content (AvgIpc) is 2.30. The summed E-state index contributed by atoms with van der Waals surface area (Å²) in [4.78, 5) is 0. The Morgan fingerprint density at radius 3 is 2.67 bits per heavy atom. The van der Waals surface area contributed by atoms with E-state index in [1.807, 2.05) is 0 Å². The van der Waals surface area contributed by atoms with E-state index in [1.165, 1.54) is 0 Å². The molecule has 1 aliphatic rings. The van der Waals surface area contributed by atoms with Crippen LogP contribution < -0.4 is 4.72 Å². The van der Waals surface area contributed by atoms with Gasteiger partial charge < -0.3 is 9.47 Å². The highest BCUT2D eigenvalue weighted by Crippen LogP contribution is 2.09. The van der Waals surface area contributed by atoms with E-state index >= 15 is 0 Å². The van der Waals surface area contributed by atoms with Crippen LogP contribution >= 0.6 is 0 Å². The molecule has 1 rings (SSSR count). The second-order valence-electron chi connectivity index (χ2n) is 2.78. The molecule has 1 fully saturated rings. The molecule has 1 N–H and O–H groups in total. The van der Waals surface area contributed by atoms with E-state index < -0.39 is 10.0 Å². The summed E-state index contributed by atoms with van der Waals surface area (Å²) < 4.78 is 34.0. The first-order valence-corrected chi connectivity index (χ1v) is 5.58. The zero-order valence-electron chi connectivity index (χ0n) is 7.11. The van der Waals surface area contributed by atoms with Crippen molar-refractivity contribution in [2.45, 2.75) is 19.3 Å². The van der Waals surface area contributed by atoms with Gasteiger partial charge in [-0.3, -0.25) is 0 Å². The molecule has 0 amide bonds. The minimum Gasteiger partial charge on any atom is -0.350 e. The van der Waals surface area contributed by atoms with Crippen molar-refractivity contribution >= 4 is 10.0 Å². The highest BCUT2D eigenvalue weighted by Gasteiger charge is 2.22. The second-order valence-corrected chi connectivity index (χ2v) is 4.61. The molecule has 1 aliphatic heterocycles. The van der Waals surface area contributed by atoms with Gasteiger partial charge in [0.15, 0.2) is 6.29 Å². The van der Waals surface area contributed by atoms with Crippen molar-refractivity contribution in [3.8, 4) is 0 Å². The Morgan fingerprint density at radius 2 is 2.25 bits per heavy atom. The molecule has 12 heavy (non-hydrogen) atoms. The fourth-order valence-electron chi connectivity index (χ4n) is 0.944. The Balaban J connectivity index is 2.25. The topological polar surface area (TPSA) is 64.6 Å². The highest BCUT2D eigenvalue weighted by atomic mass is 32.2. The van der Waals surface area contributed by atoms with Gasteiger partial charge in [0.2, 0.25) is 10.0 Å². The fourth-order valence-corrected chi connectivity index (χ4v) is 1.43. The van der Waals surface area contributed by atoms with Crippen LogP contribution in [0.5, 0.6) is 0 Å². The predicted octanol–water partition coefficient (Wildman–Crippen LogP) is -0.703. The van der Waals surface area contributed by atoms with Crippen LogP contribution in [0, 0.1) is 0 Å². The van der Waals surface area contributed by atoms with Crippen LogP contribution in [0.4, 0.5) is 0 Å². The van der Waals surface area contributed by atoms with Gasteiger partial charge in [0.05, 0.1) is 19.0 Å². The van der Waals surface area contributed by atoms with Gasteiger partial charge in [-0.1, -0.05) is 0 Å². The molecule has 2 atom stereocenters. The summed E-state index contributed by atoms with van der Waals surface area (Å²) in [6.45, 7) is 2.51. The van der Waals surface area contributed by atoms with Gasteiger partial charge >= 0.3 is 0 Å². The Kier molecular flexibility index (Phi) is 3.05. The van der Waals surface area contributed by atoms with E-state index in [1.54, 1.807) is 6.92 Å². The molecule has 5 nitrogen and oxygen atoms in total. The van der Waals surface area contributed by atoms with Crippen LogP contribution in [0.3, 0.4) is 0 Å². The quantitative estimate of drug-likeness (QED) is 0.646. The lowest BCUT2D eigenvalue weighted by molar-refractivity contribution is -0.0409. The van der Waals surface area contributed by atoms with Crippen molar-refractivity contribution in [2.75, 3.05) is 19.4 Å². The number of hydrogen-bond donors (Lipinski definition) is 1. The van der Waals surface area contributed by atoms with Crippen LogP contribution in [0.1, 0.15) is 6.92 Å². The zero-order valence-corrected chi connectivity index (χ0v) is 7.93. The molecule has 0 bridgehead atoms. The normalized spacial score (nSPS) is 30.8. The molecule has 0 aromatic heterocycles. The maximum Gasteiger partial charge on any atom is 0.208 e. The van der Waals surface area contributed by atoms with E-state index in [2.05, 4.69) is 4.72 Å². The van der Waals surface area contributed by atoms with Crippen molar-refractivity contribution in [3.05, 3.63) is 0 Å². The van der Waals surface area contributed by atoms with Crippen LogP contribution in [-0.2, 0) is 19.5 Å². The van der Waals surface area contributed by atoms with Crippen molar-refractivity contribution in [2.24, 2.45) is 0 Å². The number of rotatable bonds is 3. The Bertz CT molecular complexity index is 238. The third-order valence-corrected chi connectivity index (χ3v) is 2.17. The maximum absolute atomic E-state index is 10.7. The van der Waals surface area contributed by atoms with Crippen molar-refractivity contribution in [1.29, 1.82) is 0 Å².